The topological polar surface area (TPSA) is 71.1 Å². The molecule has 0 spiro atoms. The van der Waals surface area contributed by atoms with Gasteiger partial charge >= 0.3 is 0 Å². The molecule has 128 valence electrons. The number of para-hydroxylation sites is 1. The monoisotopic (exact) mass is 327 g/mol. The molecule has 0 unspecified atom stereocenters. The average Bonchev–Trinajstić information content (AvgIpc) is 2.55. The molecule has 24 heavy (non-hydrogen) atoms. The summed E-state index contributed by atoms with van der Waals surface area (Å²) in [7, 11) is 0. The van der Waals surface area contributed by atoms with Crippen LogP contribution in [0.5, 0.6) is 0 Å². The molecule has 5 heteroatoms. The number of amides is 2. The number of benzene rings is 1. The van der Waals surface area contributed by atoms with Gasteiger partial charge in [0.05, 0.1) is 11.9 Å². The van der Waals surface area contributed by atoms with Gasteiger partial charge in [-0.1, -0.05) is 32.0 Å². The Kier molecular flexibility index (Phi) is 5.90. The fourth-order valence-corrected chi connectivity index (χ4v) is 2.65. The van der Waals surface area contributed by atoms with Crippen molar-refractivity contribution < 1.29 is 9.59 Å². The van der Waals surface area contributed by atoms with E-state index in [1.807, 2.05) is 52.0 Å². The van der Waals surface area contributed by atoms with Crippen LogP contribution in [0.15, 0.2) is 24.3 Å². The Labute approximate surface area is 142 Å². The predicted octanol–water partition coefficient (Wildman–Crippen LogP) is 2.28. The fourth-order valence-electron chi connectivity index (χ4n) is 2.65. The van der Waals surface area contributed by atoms with Crippen LogP contribution in [0, 0.1) is 19.8 Å². The van der Waals surface area contributed by atoms with Gasteiger partial charge in [-0.05, 0) is 31.0 Å². The van der Waals surface area contributed by atoms with Crippen LogP contribution in [0.3, 0.4) is 0 Å². The standard InChI is InChI=1S/C19H25N3O2/c1-12(2)19(24)21-10-9-20-18(23)11-16-13(3)15-7-5-6-8-17(15)22-14(16)4/h5-8,12H,9-11H2,1-4H3,(H,20,23)(H,21,24). The number of hydrogen-bond acceptors (Lipinski definition) is 3. The van der Waals surface area contributed by atoms with E-state index >= 15 is 0 Å². The average molecular weight is 327 g/mol. The Morgan fingerprint density at radius 1 is 1.08 bits per heavy atom. The Morgan fingerprint density at radius 2 is 1.75 bits per heavy atom. The molecule has 2 rings (SSSR count). The summed E-state index contributed by atoms with van der Waals surface area (Å²) < 4.78 is 0. The van der Waals surface area contributed by atoms with E-state index in [0.717, 1.165) is 27.7 Å². The van der Waals surface area contributed by atoms with E-state index in [-0.39, 0.29) is 17.7 Å². The van der Waals surface area contributed by atoms with E-state index in [1.165, 1.54) is 0 Å². The Morgan fingerprint density at radius 3 is 2.46 bits per heavy atom. The lowest BCUT2D eigenvalue weighted by Gasteiger charge is -2.13. The van der Waals surface area contributed by atoms with Crippen LogP contribution >= 0.6 is 0 Å². The molecule has 0 saturated heterocycles. The van der Waals surface area contributed by atoms with Crippen LogP contribution in [0.4, 0.5) is 0 Å². The van der Waals surface area contributed by atoms with E-state index < -0.39 is 0 Å². The van der Waals surface area contributed by atoms with Crippen LogP contribution in [0.1, 0.15) is 30.7 Å². The molecule has 2 N–H and O–H groups in total. The minimum absolute atomic E-state index is 0.00494. The number of nitrogens with zero attached hydrogens (tertiary/aromatic N) is 1. The summed E-state index contributed by atoms with van der Waals surface area (Å²) in [6.07, 6.45) is 0.299. The first kappa shape index (κ1) is 17.9. The number of nitrogens with one attached hydrogen (secondary N) is 2. The van der Waals surface area contributed by atoms with Crippen molar-refractivity contribution in [3.05, 3.63) is 41.1 Å². The van der Waals surface area contributed by atoms with Gasteiger partial charge in [-0.15, -0.1) is 0 Å². The Balaban J connectivity index is 1.97. The van der Waals surface area contributed by atoms with Gasteiger partial charge in [-0.2, -0.15) is 0 Å². The molecule has 2 amide bonds. The lowest BCUT2D eigenvalue weighted by Crippen LogP contribution is -2.37. The molecule has 0 atom stereocenters. The van der Waals surface area contributed by atoms with E-state index in [4.69, 9.17) is 0 Å². The first-order valence-electron chi connectivity index (χ1n) is 8.29. The zero-order valence-electron chi connectivity index (χ0n) is 14.8. The van der Waals surface area contributed by atoms with Gasteiger partial charge < -0.3 is 10.6 Å². The zero-order valence-corrected chi connectivity index (χ0v) is 14.8. The molecular formula is C19H25N3O2. The summed E-state index contributed by atoms with van der Waals surface area (Å²) in [5.74, 6) is -0.110. The molecule has 2 aromatic rings. The first-order valence-corrected chi connectivity index (χ1v) is 8.29. The predicted molar refractivity (Wildman–Crippen MR) is 95.8 cm³/mol. The van der Waals surface area contributed by atoms with Crippen LogP contribution in [0.2, 0.25) is 0 Å². The molecule has 0 aliphatic heterocycles. The third-order valence-electron chi connectivity index (χ3n) is 4.09. The lowest BCUT2D eigenvalue weighted by molar-refractivity contribution is -0.124. The summed E-state index contributed by atoms with van der Waals surface area (Å²) in [5.41, 5.74) is 3.90. The summed E-state index contributed by atoms with van der Waals surface area (Å²) in [4.78, 5) is 28.2. The van der Waals surface area contributed by atoms with E-state index in [1.54, 1.807) is 0 Å². The zero-order chi connectivity index (χ0) is 17.7. The highest BCUT2D eigenvalue weighted by Crippen LogP contribution is 2.22. The van der Waals surface area contributed by atoms with Crippen molar-refractivity contribution in [3.63, 3.8) is 0 Å². The molecule has 1 heterocycles. The molecule has 0 fully saturated rings. The molecule has 5 nitrogen and oxygen atoms in total. The van der Waals surface area contributed by atoms with Gasteiger partial charge in [0, 0.05) is 30.1 Å². The van der Waals surface area contributed by atoms with Crippen molar-refractivity contribution in [2.75, 3.05) is 13.1 Å². The molecule has 0 radical (unpaired) electrons. The summed E-state index contributed by atoms with van der Waals surface area (Å²) >= 11 is 0. The maximum atomic E-state index is 12.2. The van der Waals surface area contributed by atoms with Gasteiger partial charge in [0.15, 0.2) is 0 Å². The first-order chi connectivity index (χ1) is 11.4. The van der Waals surface area contributed by atoms with Crippen LogP contribution in [-0.4, -0.2) is 29.9 Å². The number of rotatable bonds is 6. The largest absolute Gasteiger partial charge is 0.354 e. The SMILES string of the molecule is Cc1nc2ccccc2c(C)c1CC(=O)NCCNC(=O)C(C)C. The molecule has 0 aliphatic rings. The summed E-state index contributed by atoms with van der Waals surface area (Å²) in [6.45, 7) is 8.51. The maximum Gasteiger partial charge on any atom is 0.224 e. The van der Waals surface area contributed by atoms with Gasteiger partial charge in [0.2, 0.25) is 11.8 Å². The number of carbonyl (C=O) groups excluding carboxylic acids is 2. The van der Waals surface area contributed by atoms with Crippen molar-refractivity contribution in [2.24, 2.45) is 5.92 Å². The molecule has 1 aromatic carbocycles. The minimum Gasteiger partial charge on any atom is -0.354 e. The van der Waals surface area contributed by atoms with Crippen LogP contribution in [-0.2, 0) is 16.0 Å². The van der Waals surface area contributed by atoms with Crippen LogP contribution in [0.25, 0.3) is 10.9 Å². The lowest BCUT2D eigenvalue weighted by atomic mass is 9.99. The van der Waals surface area contributed by atoms with Gasteiger partial charge in [-0.25, -0.2) is 0 Å². The van der Waals surface area contributed by atoms with Crippen LogP contribution < -0.4 is 10.6 Å². The van der Waals surface area contributed by atoms with Gasteiger partial charge in [-0.3, -0.25) is 14.6 Å². The maximum absolute atomic E-state index is 12.2. The molecule has 1 aromatic heterocycles. The highest BCUT2D eigenvalue weighted by atomic mass is 16.2. The number of hydrogen-bond donors (Lipinski definition) is 2. The highest BCUT2D eigenvalue weighted by molar-refractivity contribution is 5.86. The Bertz CT molecular complexity index is 754. The third-order valence-corrected chi connectivity index (χ3v) is 4.09. The molecule has 0 saturated carbocycles. The van der Waals surface area contributed by atoms with E-state index in [2.05, 4.69) is 15.6 Å². The quantitative estimate of drug-likeness (QED) is 0.800. The van der Waals surface area contributed by atoms with Crippen molar-refractivity contribution in [1.29, 1.82) is 0 Å². The van der Waals surface area contributed by atoms with Crippen molar-refractivity contribution in [3.8, 4) is 0 Å². The third kappa shape index (κ3) is 4.31. The highest BCUT2D eigenvalue weighted by Gasteiger charge is 2.13. The minimum atomic E-state index is -0.0583. The fraction of sp³-hybridized carbons (Fsp3) is 0.421. The Hall–Kier alpha value is -2.43. The number of aromatic nitrogens is 1. The van der Waals surface area contributed by atoms with Gasteiger partial charge in [0.25, 0.3) is 0 Å². The van der Waals surface area contributed by atoms with Crippen molar-refractivity contribution in [2.45, 2.75) is 34.1 Å². The van der Waals surface area contributed by atoms with Crippen molar-refractivity contribution >= 4 is 22.7 Å². The summed E-state index contributed by atoms with van der Waals surface area (Å²) in [6, 6.07) is 7.95. The molecular weight excluding hydrogens is 302 g/mol. The van der Waals surface area contributed by atoms with E-state index in [0.29, 0.717) is 19.5 Å². The van der Waals surface area contributed by atoms with Gasteiger partial charge in [0.1, 0.15) is 0 Å². The normalized spacial score (nSPS) is 10.9. The molecule has 0 bridgehead atoms. The number of carbonyl (C=O) groups is 2. The summed E-state index contributed by atoms with van der Waals surface area (Å²) in [5, 5.41) is 6.71. The smallest absolute Gasteiger partial charge is 0.224 e. The second-order valence-electron chi connectivity index (χ2n) is 6.29. The number of fused-ring (bicyclic) bond motifs is 1. The number of aryl methyl sites for hydroxylation is 2. The molecule has 0 aliphatic carbocycles. The van der Waals surface area contributed by atoms with Crippen molar-refractivity contribution in [1.82, 2.24) is 15.6 Å². The number of pyridine rings is 1. The second kappa shape index (κ2) is 7.90. The van der Waals surface area contributed by atoms with E-state index in [9.17, 15) is 9.59 Å². The second-order valence-corrected chi connectivity index (χ2v) is 6.29.